The number of carbonyl (C=O) groups excluding carboxylic acids is 1. The molecular weight excluding hydrogens is 312 g/mol. The van der Waals surface area contributed by atoms with E-state index in [1.165, 1.54) is 19.5 Å². The van der Waals surface area contributed by atoms with Crippen LogP contribution in [0, 0.1) is 0 Å². The molecule has 2 aromatic rings. The quantitative estimate of drug-likeness (QED) is 0.810. The lowest BCUT2D eigenvalue weighted by Gasteiger charge is -2.06. The van der Waals surface area contributed by atoms with E-state index in [4.69, 9.17) is 4.74 Å². The molecule has 98 valence electrons. The first-order valence-corrected chi connectivity index (χ1v) is 6.26. The number of esters is 1. The zero-order valence-corrected chi connectivity index (χ0v) is 11.8. The summed E-state index contributed by atoms with van der Waals surface area (Å²) in [5, 5.41) is 0. The van der Waals surface area contributed by atoms with Gasteiger partial charge in [-0.05, 0) is 6.07 Å². The molecule has 1 heterocycles. The van der Waals surface area contributed by atoms with Gasteiger partial charge in [-0.25, -0.2) is 14.8 Å². The smallest absolute Gasteiger partial charge is 0.358 e. The maximum absolute atomic E-state index is 11.2. The number of nitrogens with zero attached hydrogens (tertiary/aromatic N) is 2. The number of aromatic nitrogens is 2. The molecule has 0 saturated carbocycles. The second kappa shape index (κ2) is 6.29. The third-order valence-corrected chi connectivity index (χ3v) is 3.13. The Morgan fingerprint density at radius 3 is 2.68 bits per heavy atom. The fraction of sp³-hybridized carbons (Fsp3) is 0.154. The van der Waals surface area contributed by atoms with Crippen LogP contribution in [0.3, 0.4) is 0 Å². The van der Waals surface area contributed by atoms with Crippen molar-refractivity contribution in [1.82, 2.24) is 9.97 Å². The van der Waals surface area contributed by atoms with Gasteiger partial charge in [-0.2, -0.15) is 0 Å². The molecule has 1 aromatic carbocycles. The van der Waals surface area contributed by atoms with Crippen LogP contribution in [0.2, 0.25) is 0 Å². The monoisotopic (exact) mass is 322 g/mol. The first-order valence-electron chi connectivity index (χ1n) is 5.47. The molecule has 0 amide bonds. The first-order chi connectivity index (χ1) is 9.20. The summed E-state index contributed by atoms with van der Waals surface area (Å²) in [7, 11) is 1.29. The van der Waals surface area contributed by atoms with E-state index in [0.29, 0.717) is 12.5 Å². The number of benzene rings is 1. The molecule has 0 spiro atoms. The topological polar surface area (TPSA) is 61.3 Å². The van der Waals surface area contributed by atoms with Crippen molar-refractivity contribution < 1.29 is 14.3 Å². The average molecular weight is 323 g/mol. The average Bonchev–Trinajstić information content (AvgIpc) is 2.46. The maximum atomic E-state index is 11.2. The van der Waals surface area contributed by atoms with Gasteiger partial charge in [-0.15, -0.1) is 0 Å². The van der Waals surface area contributed by atoms with Crippen molar-refractivity contribution in [2.45, 2.75) is 6.61 Å². The Kier molecular flexibility index (Phi) is 4.46. The van der Waals surface area contributed by atoms with E-state index in [1.54, 1.807) is 0 Å². The van der Waals surface area contributed by atoms with E-state index in [-0.39, 0.29) is 5.69 Å². The summed E-state index contributed by atoms with van der Waals surface area (Å²) in [6.07, 6.45) is 2.71. The highest BCUT2D eigenvalue weighted by molar-refractivity contribution is 9.10. The number of hydrogen-bond donors (Lipinski definition) is 0. The van der Waals surface area contributed by atoms with Crippen LogP contribution in [0.25, 0.3) is 0 Å². The zero-order valence-electron chi connectivity index (χ0n) is 10.2. The number of hydrogen-bond acceptors (Lipinski definition) is 5. The van der Waals surface area contributed by atoms with Crippen LogP contribution in [0.1, 0.15) is 16.1 Å². The standard InChI is InChI=1S/C13H11BrN2O3/c1-18-13(17)11-6-16-12(7-15-11)19-8-9-4-2-3-5-10(9)14/h2-7H,8H2,1H3. The fourth-order valence-electron chi connectivity index (χ4n) is 1.37. The summed E-state index contributed by atoms with van der Waals surface area (Å²) in [6, 6.07) is 7.74. The third-order valence-electron chi connectivity index (χ3n) is 2.36. The van der Waals surface area contributed by atoms with Crippen LogP contribution in [-0.2, 0) is 11.3 Å². The molecule has 19 heavy (non-hydrogen) atoms. The van der Waals surface area contributed by atoms with E-state index >= 15 is 0 Å². The number of halogens is 1. The van der Waals surface area contributed by atoms with E-state index < -0.39 is 5.97 Å². The van der Waals surface area contributed by atoms with Crippen LogP contribution in [0.15, 0.2) is 41.1 Å². The van der Waals surface area contributed by atoms with Crippen LogP contribution in [0.5, 0.6) is 5.88 Å². The highest BCUT2D eigenvalue weighted by Gasteiger charge is 2.08. The van der Waals surface area contributed by atoms with Crippen LogP contribution in [-0.4, -0.2) is 23.0 Å². The first kappa shape index (κ1) is 13.5. The van der Waals surface area contributed by atoms with E-state index in [1.807, 2.05) is 24.3 Å². The normalized spacial score (nSPS) is 10.0. The van der Waals surface area contributed by atoms with Gasteiger partial charge in [-0.3, -0.25) is 0 Å². The Balaban J connectivity index is 2.01. The van der Waals surface area contributed by atoms with E-state index in [9.17, 15) is 4.79 Å². The van der Waals surface area contributed by atoms with Gasteiger partial charge in [0.1, 0.15) is 6.61 Å². The summed E-state index contributed by atoms with van der Waals surface area (Å²) < 4.78 is 11.0. The van der Waals surface area contributed by atoms with Crippen molar-refractivity contribution in [1.29, 1.82) is 0 Å². The summed E-state index contributed by atoms with van der Waals surface area (Å²) >= 11 is 3.43. The molecule has 0 aliphatic rings. The lowest BCUT2D eigenvalue weighted by Crippen LogP contribution is -2.06. The van der Waals surface area contributed by atoms with Gasteiger partial charge in [0.05, 0.1) is 19.5 Å². The molecule has 0 saturated heterocycles. The lowest BCUT2D eigenvalue weighted by atomic mass is 10.2. The van der Waals surface area contributed by atoms with Gasteiger partial charge < -0.3 is 9.47 Å². The van der Waals surface area contributed by atoms with E-state index in [2.05, 4.69) is 30.6 Å². The Hall–Kier alpha value is -1.95. The second-order valence-electron chi connectivity index (χ2n) is 3.61. The summed E-state index contributed by atoms with van der Waals surface area (Å²) in [5.41, 5.74) is 1.15. The summed E-state index contributed by atoms with van der Waals surface area (Å²) in [6.45, 7) is 0.369. The molecule has 0 aliphatic heterocycles. The Morgan fingerprint density at radius 2 is 2.05 bits per heavy atom. The minimum atomic E-state index is -0.523. The molecule has 6 heteroatoms. The van der Waals surface area contributed by atoms with Crippen molar-refractivity contribution in [2.75, 3.05) is 7.11 Å². The van der Waals surface area contributed by atoms with Gasteiger partial charge in [0.2, 0.25) is 5.88 Å². The number of rotatable bonds is 4. The lowest BCUT2D eigenvalue weighted by molar-refractivity contribution is 0.0593. The third kappa shape index (κ3) is 3.51. The van der Waals surface area contributed by atoms with Gasteiger partial charge in [0.15, 0.2) is 5.69 Å². The molecule has 0 radical (unpaired) electrons. The predicted molar refractivity (Wildman–Crippen MR) is 71.8 cm³/mol. The van der Waals surface area contributed by atoms with Crippen LogP contribution >= 0.6 is 15.9 Å². The molecule has 0 fully saturated rings. The number of methoxy groups -OCH3 is 1. The number of carbonyl (C=O) groups is 1. The van der Waals surface area contributed by atoms with Gasteiger partial charge >= 0.3 is 5.97 Å². The second-order valence-corrected chi connectivity index (χ2v) is 4.47. The molecule has 0 atom stereocenters. The largest absolute Gasteiger partial charge is 0.472 e. The molecule has 0 bridgehead atoms. The van der Waals surface area contributed by atoms with Gasteiger partial charge in [0.25, 0.3) is 0 Å². The van der Waals surface area contributed by atoms with Crippen LogP contribution in [0.4, 0.5) is 0 Å². The van der Waals surface area contributed by atoms with Crippen molar-refractivity contribution >= 4 is 21.9 Å². The Bertz CT molecular complexity index is 572. The predicted octanol–water partition coefficient (Wildman–Crippen LogP) is 2.60. The van der Waals surface area contributed by atoms with Crippen molar-refractivity contribution in [3.8, 4) is 5.88 Å². The van der Waals surface area contributed by atoms with Crippen molar-refractivity contribution in [3.05, 3.63) is 52.4 Å². The molecule has 0 aliphatic carbocycles. The highest BCUT2D eigenvalue weighted by Crippen LogP contribution is 2.17. The number of ether oxygens (including phenoxy) is 2. The zero-order chi connectivity index (χ0) is 13.7. The Morgan fingerprint density at radius 1 is 1.26 bits per heavy atom. The van der Waals surface area contributed by atoms with Crippen molar-refractivity contribution in [2.24, 2.45) is 0 Å². The molecule has 1 aromatic heterocycles. The van der Waals surface area contributed by atoms with Gasteiger partial charge in [-0.1, -0.05) is 34.1 Å². The van der Waals surface area contributed by atoms with Crippen LogP contribution < -0.4 is 4.74 Å². The molecule has 5 nitrogen and oxygen atoms in total. The Labute approximate surface area is 118 Å². The summed E-state index contributed by atoms with van der Waals surface area (Å²) in [5.74, 6) is -0.173. The molecule has 2 rings (SSSR count). The summed E-state index contributed by atoms with van der Waals surface area (Å²) in [4.78, 5) is 19.1. The van der Waals surface area contributed by atoms with Crippen molar-refractivity contribution in [3.63, 3.8) is 0 Å². The van der Waals surface area contributed by atoms with Gasteiger partial charge in [0, 0.05) is 10.0 Å². The minimum Gasteiger partial charge on any atom is -0.472 e. The highest BCUT2D eigenvalue weighted by atomic mass is 79.9. The molecule has 0 unspecified atom stereocenters. The van der Waals surface area contributed by atoms with E-state index in [0.717, 1.165) is 10.0 Å². The fourth-order valence-corrected chi connectivity index (χ4v) is 1.77. The SMILES string of the molecule is COC(=O)c1cnc(OCc2ccccc2Br)cn1. The minimum absolute atomic E-state index is 0.149. The maximum Gasteiger partial charge on any atom is 0.358 e. The molecular formula is C13H11BrN2O3. The molecule has 0 N–H and O–H groups in total.